The quantitative estimate of drug-likeness (QED) is 0.243. The van der Waals surface area contributed by atoms with Crippen LogP contribution in [0.5, 0.6) is 5.75 Å². The number of nitrogens with zero attached hydrogens (tertiary/aromatic N) is 2. The molecule has 180 valence electrons. The second kappa shape index (κ2) is 10.5. The van der Waals surface area contributed by atoms with Gasteiger partial charge < -0.3 is 9.72 Å². The van der Waals surface area contributed by atoms with Crippen molar-refractivity contribution < 1.29 is 4.74 Å². The fraction of sp³-hybridized carbons (Fsp3) is 0.0909. The van der Waals surface area contributed by atoms with E-state index in [0.29, 0.717) is 6.61 Å². The highest BCUT2D eigenvalue weighted by molar-refractivity contribution is 5.81. The van der Waals surface area contributed by atoms with Crippen molar-refractivity contribution in [1.82, 2.24) is 15.0 Å². The van der Waals surface area contributed by atoms with Crippen LogP contribution in [-0.2, 0) is 19.4 Å². The van der Waals surface area contributed by atoms with Crippen molar-refractivity contribution in [2.24, 2.45) is 0 Å². The van der Waals surface area contributed by atoms with Crippen molar-refractivity contribution in [3.63, 3.8) is 0 Å². The first-order valence-electron chi connectivity index (χ1n) is 12.6. The molecule has 6 rings (SSSR count). The Morgan fingerprint density at radius 2 is 1.35 bits per heavy atom. The lowest BCUT2D eigenvalue weighted by molar-refractivity contribution is 0.306. The van der Waals surface area contributed by atoms with Gasteiger partial charge in [-0.2, -0.15) is 0 Å². The summed E-state index contributed by atoms with van der Waals surface area (Å²) < 4.78 is 6.16. The molecule has 0 aliphatic heterocycles. The zero-order valence-corrected chi connectivity index (χ0v) is 20.5. The van der Waals surface area contributed by atoms with Gasteiger partial charge in [0.15, 0.2) is 5.65 Å². The molecule has 2 heterocycles. The number of aromatic amines is 1. The summed E-state index contributed by atoms with van der Waals surface area (Å²) in [6.45, 7) is 0.537. The maximum absolute atomic E-state index is 6.16. The van der Waals surface area contributed by atoms with Gasteiger partial charge in [0.1, 0.15) is 23.7 Å². The van der Waals surface area contributed by atoms with E-state index in [1.807, 2.05) is 48.7 Å². The Morgan fingerprint density at radius 3 is 2.11 bits per heavy atom. The number of H-pyrrole nitrogens is 1. The monoisotopic (exact) mass is 481 g/mol. The summed E-state index contributed by atoms with van der Waals surface area (Å²) in [5.74, 6) is 1.68. The third kappa shape index (κ3) is 5.29. The lowest BCUT2D eigenvalue weighted by atomic mass is 9.99. The Balaban J connectivity index is 1.32. The average Bonchev–Trinajstić information content (AvgIpc) is 3.40. The Morgan fingerprint density at radius 1 is 0.649 bits per heavy atom. The Hall–Kier alpha value is -4.70. The van der Waals surface area contributed by atoms with E-state index in [2.05, 4.69) is 82.8 Å². The van der Waals surface area contributed by atoms with Crippen LogP contribution >= 0.6 is 0 Å². The van der Waals surface area contributed by atoms with Crippen LogP contribution < -0.4 is 4.74 Å². The molecule has 4 nitrogen and oxygen atoms in total. The van der Waals surface area contributed by atoms with Crippen molar-refractivity contribution in [1.29, 1.82) is 0 Å². The largest absolute Gasteiger partial charge is 0.489 e. The minimum Gasteiger partial charge on any atom is -0.489 e. The fourth-order valence-corrected chi connectivity index (χ4v) is 4.57. The molecule has 0 radical (unpaired) electrons. The molecular formula is C33H27N3O. The van der Waals surface area contributed by atoms with Crippen LogP contribution in [0.15, 0.2) is 121 Å². The van der Waals surface area contributed by atoms with Crippen LogP contribution in [-0.4, -0.2) is 15.0 Å². The molecule has 0 unspecified atom stereocenters. The molecule has 0 spiro atoms. The lowest BCUT2D eigenvalue weighted by Gasteiger charge is -2.12. The number of nitrogens with one attached hydrogen (secondary N) is 1. The number of imidazole rings is 1. The Labute approximate surface area is 216 Å². The molecule has 0 bridgehead atoms. The van der Waals surface area contributed by atoms with E-state index in [1.165, 1.54) is 11.1 Å². The van der Waals surface area contributed by atoms with E-state index in [9.17, 15) is 0 Å². The van der Waals surface area contributed by atoms with Crippen LogP contribution in [0.1, 0.15) is 16.7 Å². The molecule has 2 aromatic heterocycles. The molecular weight excluding hydrogens is 454 g/mol. The first-order chi connectivity index (χ1) is 18.3. The van der Waals surface area contributed by atoms with Gasteiger partial charge in [0.05, 0.1) is 0 Å². The summed E-state index contributed by atoms with van der Waals surface area (Å²) in [7, 11) is 0. The standard InChI is InChI=1S/C33H27N3O/c1-4-10-24(11-5-1)16-17-27-20-29(37-23-25-12-6-2-7-13-25)18-19-30(27)32-35-31-21-28(22-34-33(31)36-32)26-14-8-3-9-15-26/h1-15,18-22H,16-17,23H2,(H,34,35,36). The topological polar surface area (TPSA) is 50.8 Å². The van der Waals surface area contributed by atoms with Gasteiger partial charge in [0.2, 0.25) is 0 Å². The normalized spacial score (nSPS) is 11.0. The molecule has 0 aliphatic rings. The molecule has 0 fully saturated rings. The summed E-state index contributed by atoms with van der Waals surface area (Å²) in [4.78, 5) is 13.1. The number of hydrogen-bond acceptors (Lipinski definition) is 3. The maximum Gasteiger partial charge on any atom is 0.157 e. The molecule has 1 N–H and O–H groups in total. The number of rotatable bonds is 8. The van der Waals surface area contributed by atoms with Gasteiger partial charge in [-0.3, -0.25) is 0 Å². The molecule has 4 aromatic carbocycles. The molecule has 0 saturated heterocycles. The number of hydrogen-bond donors (Lipinski definition) is 1. The van der Waals surface area contributed by atoms with Crippen molar-refractivity contribution in [3.05, 3.63) is 138 Å². The van der Waals surface area contributed by atoms with Crippen LogP contribution in [0, 0.1) is 0 Å². The highest BCUT2D eigenvalue weighted by Crippen LogP contribution is 2.30. The summed E-state index contributed by atoms with van der Waals surface area (Å²) in [5, 5.41) is 0. The van der Waals surface area contributed by atoms with Gasteiger partial charge in [-0.25, -0.2) is 9.97 Å². The average molecular weight is 482 g/mol. The molecule has 0 saturated carbocycles. The van der Waals surface area contributed by atoms with Crippen molar-refractivity contribution in [2.45, 2.75) is 19.4 Å². The zero-order valence-electron chi connectivity index (χ0n) is 20.5. The van der Waals surface area contributed by atoms with Gasteiger partial charge in [-0.15, -0.1) is 0 Å². The van der Waals surface area contributed by atoms with E-state index in [1.54, 1.807) is 0 Å². The smallest absolute Gasteiger partial charge is 0.157 e. The van der Waals surface area contributed by atoms with Gasteiger partial charge in [0.25, 0.3) is 0 Å². The lowest BCUT2D eigenvalue weighted by Crippen LogP contribution is -1.99. The summed E-state index contributed by atoms with van der Waals surface area (Å²) >= 11 is 0. The first-order valence-corrected chi connectivity index (χ1v) is 12.6. The van der Waals surface area contributed by atoms with Crippen LogP contribution in [0.2, 0.25) is 0 Å². The number of fused-ring (bicyclic) bond motifs is 1. The number of pyridine rings is 1. The first kappa shape index (κ1) is 22.7. The van der Waals surface area contributed by atoms with Crippen LogP contribution in [0.3, 0.4) is 0 Å². The highest BCUT2D eigenvalue weighted by atomic mass is 16.5. The predicted molar refractivity (Wildman–Crippen MR) is 149 cm³/mol. The van der Waals surface area contributed by atoms with Gasteiger partial charge in [0, 0.05) is 17.3 Å². The molecule has 37 heavy (non-hydrogen) atoms. The van der Waals surface area contributed by atoms with Gasteiger partial charge in [-0.05, 0) is 59.4 Å². The van der Waals surface area contributed by atoms with Crippen molar-refractivity contribution in [3.8, 4) is 28.3 Å². The number of benzene rings is 4. The zero-order chi connectivity index (χ0) is 24.9. The Bertz CT molecular complexity index is 1610. The van der Waals surface area contributed by atoms with Gasteiger partial charge >= 0.3 is 0 Å². The van der Waals surface area contributed by atoms with E-state index in [0.717, 1.165) is 57.8 Å². The summed E-state index contributed by atoms with van der Waals surface area (Å²) in [5.41, 5.74) is 8.55. The van der Waals surface area contributed by atoms with Crippen LogP contribution in [0.4, 0.5) is 0 Å². The summed E-state index contributed by atoms with van der Waals surface area (Å²) in [6, 6.07) is 39.5. The number of ether oxygens (including phenoxy) is 1. The molecule has 6 aromatic rings. The Kier molecular flexibility index (Phi) is 6.46. The third-order valence-corrected chi connectivity index (χ3v) is 6.55. The van der Waals surface area contributed by atoms with E-state index < -0.39 is 0 Å². The highest BCUT2D eigenvalue weighted by Gasteiger charge is 2.13. The molecule has 4 heteroatoms. The minimum atomic E-state index is 0.537. The van der Waals surface area contributed by atoms with Crippen molar-refractivity contribution >= 4 is 11.2 Å². The number of aromatic nitrogens is 3. The minimum absolute atomic E-state index is 0.537. The maximum atomic E-state index is 6.16. The van der Waals surface area contributed by atoms with Crippen LogP contribution in [0.25, 0.3) is 33.7 Å². The third-order valence-electron chi connectivity index (χ3n) is 6.55. The molecule has 0 aliphatic carbocycles. The van der Waals surface area contributed by atoms with E-state index in [4.69, 9.17) is 9.72 Å². The second-order valence-corrected chi connectivity index (χ2v) is 9.12. The summed E-state index contributed by atoms with van der Waals surface area (Å²) in [6.07, 6.45) is 3.71. The predicted octanol–water partition coefficient (Wildman–Crippen LogP) is 7.66. The SMILES string of the molecule is c1ccc(CCc2cc(OCc3ccccc3)ccc2-c2nc3cc(-c4ccccc4)cnc3[nH]2)cc1. The van der Waals surface area contributed by atoms with E-state index >= 15 is 0 Å². The number of aryl methyl sites for hydroxylation is 2. The van der Waals surface area contributed by atoms with Crippen molar-refractivity contribution in [2.75, 3.05) is 0 Å². The second-order valence-electron chi connectivity index (χ2n) is 9.12. The molecule has 0 atom stereocenters. The van der Waals surface area contributed by atoms with Gasteiger partial charge in [-0.1, -0.05) is 91.0 Å². The molecule has 0 amide bonds. The fourth-order valence-electron chi connectivity index (χ4n) is 4.57. The van der Waals surface area contributed by atoms with E-state index in [-0.39, 0.29) is 0 Å².